The van der Waals surface area contributed by atoms with Crippen LogP contribution in [-0.4, -0.2) is 25.5 Å². The van der Waals surface area contributed by atoms with E-state index in [1.807, 2.05) is 44.2 Å². The lowest BCUT2D eigenvalue weighted by Crippen LogP contribution is -2.15. The minimum Gasteiger partial charge on any atom is -0.460 e. The molecule has 0 spiro atoms. The molecule has 4 aromatic heterocycles. The summed E-state index contributed by atoms with van der Waals surface area (Å²) in [7, 11) is 0. The van der Waals surface area contributed by atoms with Gasteiger partial charge >= 0.3 is 0 Å². The van der Waals surface area contributed by atoms with Crippen molar-refractivity contribution in [3.05, 3.63) is 59.7 Å². The molecule has 0 saturated heterocycles. The van der Waals surface area contributed by atoms with Gasteiger partial charge in [0, 0.05) is 11.8 Å². The Morgan fingerprint density at radius 3 is 2.92 bits per heavy atom. The lowest BCUT2D eigenvalue weighted by molar-refractivity contribution is 0.102. The Labute approximate surface area is 137 Å². The molecule has 0 saturated carbocycles. The number of imidazole rings is 1. The number of pyridine rings is 1. The summed E-state index contributed by atoms with van der Waals surface area (Å²) >= 11 is 0. The van der Waals surface area contributed by atoms with Gasteiger partial charge in [-0.25, -0.2) is 4.98 Å². The van der Waals surface area contributed by atoms with E-state index < -0.39 is 0 Å². The highest BCUT2D eigenvalue weighted by molar-refractivity contribution is 6.03. The van der Waals surface area contributed by atoms with Crippen LogP contribution >= 0.6 is 0 Å². The lowest BCUT2D eigenvalue weighted by Gasteiger charge is -2.03. The van der Waals surface area contributed by atoms with Crippen molar-refractivity contribution in [2.75, 3.05) is 5.32 Å². The first-order valence-electron chi connectivity index (χ1n) is 7.48. The normalized spacial score (nSPS) is 11.1. The van der Waals surface area contributed by atoms with Crippen molar-refractivity contribution in [1.82, 2.24) is 19.6 Å². The number of nitrogens with one attached hydrogen (secondary N) is 2. The number of carbonyl (C=O) groups excluding carboxylic acids is 1. The lowest BCUT2D eigenvalue weighted by atomic mass is 10.2. The molecule has 4 rings (SSSR count). The molecule has 0 aliphatic carbocycles. The van der Waals surface area contributed by atoms with E-state index >= 15 is 0 Å². The maximum absolute atomic E-state index is 12.5. The quantitative estimate of drug-likeness (QED) is 0.606. The van der Waals surface area contributed by atoms with E-state index in [1.165, 1.54) is 0 Å². The van der Waals surface area contributed by atoms with E-state index in [0.29, 0.717) is 22.9 Å². The van der Waals surface area contributed by atoms with Crippen molar-refractivity contribution in [2.24, 2.45) is 0 Å². The Morgan fingerprint density at radius 1 is 1.25 bits per heavy atom. The smallest absolute Gasteiger partial charge is 0.275 e. The summed E-state index contributed by atoms with van der Waals surface area (Å²) in [6, 6.07) is 9.31. The van der Waals surface area contributed by atoms with Crippen LogP contribution in [0.3, 0.4) is 0 Å². The first-order valence-corrected chi connectivity index (χ1v) is 7.48. The van der Waals surface area contributed by atoms with Gasteiger partial charge in [-0.2, -0.15) is 5.10 Å². The van der Waals surface area contributed by atoms with Crippen LogP contribution < -0.4 is 5.32 Å². The maximum atomic E-state index is 12.5. The molecule has 0 bridgehead atoms. The Kier molecular flexibility index (Phi) is 3.19. The van der Waals surface area contributed by atoms with E-state index in [-0.39, 0.29) is 5.91 Å². The molecule has 7 heteroatoms. The minimum atomic E-state index is -0.273. The van der Waals surface area contributed by atoms with E-state index in [4.69, 9.17) is 4.42 Å². The summed E-state index contributed by atoms with van der Waals surface area (Å²) in [4.78, 5) is 16.8. The molecule has 7 nitrogen and oxygen atoms in total. The third kappa shape index (κ3) is 2.26. The summed E-state index contributed by atoms with van der Waals surface area (Å²) in [6.07, 6.45) is 3.34. The van der Waals surface area contributed by atoms with E-state index in [0.717, 1.165) is 17.0 Å². The van der Waals surface area contributed by atoms with E-state index in [9.17, 15) is 4.79 Å². The molecule has 0 atom stereocenters. The highest BCUT2D eigenvalue weighted by Crippen LogP contribution is 2.27. The minimum absolute atomic E-state index is 0.273. The Bertz CT molecular complexity index is 1040. The number of fused-ring (bicyclic) bond motifs is 1. The fraction of sp³-hybridized carbons (Fsp3) is 0.118. The first kappa shape index (κ1) is 14.3. The van der Waals surface area contributed by atoms with Gasteiger partial charge in [-0.05, 0) is 38.1 Å². The summed E-state index contributed by atoms with van der Waals surface area (Å²) in [5.41, 5.74) is 2.72. The molecule has 0 aromatic carbocycles. The molecule has 4 aromatic rings. The van der Waals surface area contributed by atoms with Crippen LogP contribution in [0.2, 0.25) is 0 Å². The number of aryl methyl sites for hydroxylation is 1. The number of anilines is 1. The topological polar surface area (TPSA) is 88.2 Å². The molecule has 0 unspecified atom stereocenters. The van der Waals surface area contributed by atoms with E-state index in [1.54, 1.807) is 16.8 Å². The SMILES string of the molecule is Cc1ccc(-c2[nH]nc(NC(=O)c3cnc4ccccn34)c2C)o1. The van der Waals surface area contributed by atoms with Crippen molar-refractivity contribution >= 4 is 17.4 Å². The van der Waals surface area contributed by atoms with Gasteiger partial charge in [0.15, 0.2) is 11.6 Å². The van der Waals surface area contributed by atoms with Crippen LogP contribution in [0.15, 0.2) is 47.1 Å². The predicted molar refractivity (Wildman–Crippen MR) is 88.9 cm³/mol. The molecule has 0 aliphatic rings. The third-order valence-electron chi connectivity index (χ3n) is 3.88. The average molecular weight is 321 g/mol. The molecular formula is C17H15N5O2. The summed E-state index contributed by atoms with van der Waals surface area (Å²) in [5, 5.41) is 9.91. The number of furan rings is 1. The van der Waals surface area contributed by atoms with Gasteiger partial charge in [-0.15, -0.1) is 0 Å². The first-order chi connectivity index (χ1) is 11.6. The second-order valence-corrected chi connectivity index (χ2v) is 5.51. The van der Waals surface area contributed by atoms with Gasteiger partial charge in [0.1, 0.15) is 22.8 Å². The molecule has 4 heterocycles. The number of carbonyl (C=O) groups is 1. The van der Waals surface area contributed by atoms with Crippen LogP contribution in [0.1, 0.15) is 21.8 Å². The second-order valence-electron chi connectivity index (χ2n) is 5.51. The number of hydrogen-bond donors (Lipinski definition) is 2. The highest BCUT2D eigenvalue weighted by Gasteiger charge is 2.18. The number of H-pyrrole nitrogens is 1. The molecule has 0 aliphatic heterocycles. The number of rotatable bonds is 3. The van der Waals surface area contributed by atoms with Gasteiger partial charge in [-0.1, -0.05) is 6.07 Å². The van der Waals surface area contributed by atoms with Gasteiger partial charge in [0.25, 0.3) is 5.91 Å². The molecule has 2 N–H and O–H groups in total. The molecule has 0 radical (unpaired) electrons. The van der Waals surface area contributed by atoms with Gasteiger partial charge in [0.2, 0.25) is 0 Å². The fourth-order valence-corrected chi connectivity index (χ4v) is 2.60. The number of hydrogen-bond acceptors (Lipinski definition) is 4. The van der Waals surface area contributed by atoms with E-state index in [2.05, 4.69) is 20.5 Å². The summed E-state index contributed by atoms with van der Waals surface area (Å²) < 4.78 is 7.33. The Hall–Kier alpha value is -3.35. The molecule has 24 heavy (non-hydrogen) atoms. The van der Waals surface area contributed by atoms with Crippen LogP contribution in [0.4, 0.5) is 5.82 Å². The predicted octanol–water partition coefficient (Wildman–Crippen LogP) is 3.19. The molecular weight excluding hydrogens is 306 g/mol. The van der Waals surface area contributed by atoms with Crippen molar-refractivity contribution in [3.63, 3.8) is 0 Å². The van der Waals surface area contributed by atoms with Gasteiger partial charge in [0.05, 0.1) is 6.20 Å². The Morgan fingerprint density at radius 2 is 2.12 bits per heavy atom. The number of amides is 1. The summed E-state index contributed by atoms with van der Waals surface area (Å²) in [6.45, 7) is 3.75. The standard InChI is InChI=1S/C17H15N5O2/c1-10-6-7-13(24-10)15-11(2)16(21-20-15)19-17(23)12-9-18-14-5-3-4-8-22(12)14/h3-9H,1-2H3,(H2,19,20,21,23). The van der Waals surface area contributed by atoms with Crippen molar-refractivity contribution < 1.29 is 9.21 Å². The summed E-state index contributed by atoms with van der Waals surface area (Å²) in [5.74, 6) is 1.70. The second kappa shape index (κ2) is 5.38. The largest absolute Gasteiger partial charge is 0.460 e. The van der Waals surface area contributed by atoms with Gasteiger partial charge < -0.3 is 9.73 Å². The van der Waals surface area contributed by atoms with Crippen LogP contribution in [0.25, 0.3) is 17.1 Å². The van der Waals surface area contributed by atoms with Crippen molar-refractivity contribution in [1.29, 1.82) is 0 Å². The zero-order valence-electron chi connectivity index (χ0n) is 13.2. The van der Waals surface area contributed by atoms with Crippen LogP contribution in [0.5, 0.6) is 0 Å². The molecule has 0 fully saturated rings. The third-order valence-corrected chi connectivity index (χ3v) is 3.88. The number of nitrogens with zero attached hydrogens (tertiary/aromatic N) is 3. The molecule has 120 valence electrons. The highest BCUT2D eigenvalue weighted by atomic mass is 16.3. The van der Waals surface area contributed by atoms with Crippen molar-refractivity contribution in [3.8, 4) is 11.5 Å². The van der Waals surface area contributed by atoms with Crippen LogP contribution in [-0.2, 0) is 0 Å². The zero-order chi connectivity index (χ0) is 16.7. The number of aromatic nitrogens is 4. The maximum Gasteiger partial charge on any atom is 0.275 e. The number of aromatic amines is 1. The van der Waals surface area contributed by atoms with Gasteiger partial charge in [-0.3, -0.25) is 14.3 Å². The van der Waals surface area contributed by atoms with Crippen LogP contribution in [0, 0.1) is 13.8 Å². The van der Waals surface area contributed by atoms with Crippen molar-refractivity contribution in [2.45, 2.75) is 13.8 Å². The Balaban J connectivity index is 1.64. The molecule has 1 amide bonds. The average Bonchev–Trinajstić information content (AvgIpc) is 3.27. The monoisotopic (exact) mass is 321 g/mol. The zero-order valence-corrected chi connectivity index (χ0v) is 13.2. The fourth-order valence-electron chi connectivity index (χ4n) is 2.60.